The summed E-state index contributed by atoms with van der Waals surface area (Å²) in [5.41, 5.74) is 3.25. The molecule has 0 unspecified atom stereocenters. The van der Waals surface area contributed by atoms with Crippen molar-refractivity contribution >= 4 is 35.1 Å². The second-order valence-electron chi connectivity index (χ2n) is 7.40. The molecule has 32 heavy (non-hydrogen) atoms. The van der Waals surface area contributed by atoms with Gasteiger partial charge in [0.25, 0.3) is 11.8 Å². The Hall–Kier alpha value is -3.35. The Labute approximate surface area is 180 Å². The van der Waals surface area contributed by atoms with Gasteiger partial charge in [-0.2, -0.15) is 13.2 Å². The molecule has 13 heteroatoms. The molecule has 0 bridgehead atoms. The number of hydrogen-bond donors (Lipinski definition) is 4. The fourth-order valence-corrected chi connectivity index (χ4v) is 3.22. The molecule has 3 rings (SSSR count). The summed E-state index contributed by atoms with van der Waals surface area (Å²) < 4.78 is 45.9. The lowest BCUT2D eigenvalue weighted by Crippen LogP contribution is -2.56. The summed E-state index contributed by atoms with van der Waals surface area (Å²) in [5.74, 6) is -2.98. The van der Waals surface area contributed by atoms with Crippen molar-refractivity contribution < 1.29 is 37.1 Å². The van der Waals surface area contributed by atoms with E-state index in [9.17, 15) is 32.3 Å². The molecule has 2 fully saturated rings. The third-order valence-electron chi connectivity index (χ3n) is 5.13. The Kier molecular flexibility index (Phi) is 6.87. The van der Waals surface area contributed by atoms with E-state index in [0.29, 0.717) is 0 Å². The maximum Gasteiger partial charge on any atom is 0.418 e. The van der Waals surface area contributed by atoms with Gasteiger partial charge in [-0.05, 0) is 37.5 Å². The van der Waals surface area contributed by atoms with Crippen molar-refractivity contribution in [2.45, 2.75) is 37.5 Å². The Morgan fingerprint density at radius 2 is 1.94 bits per heavy atom. The zero-order valence-electron chi connectivity index (χ0n) is 16.8. The zero-order valence-corrected chi connectivity index (χ0v) is 16.8. The van der Waals surface area contributed by atoms with Crippen LogP contribution in [-0.2, 0) is 25.3 Å². The highest BCUT2D eigenvalue weighted by Gasteiger charge is 2.37. The topological polar surface area (TPSA) is 143 Å². The molecule has 5 N–H and O–H groups in total. The maximum absolute atomic E-state index is 13.7. The lowest BCUT2D eigenvalue weighted by molar-refractivity contribution is -0.137. The van der Waals surface area contributed by atoms with Crippen LogP contribution in [0, 0.1) is 0 Å². The number of primary amides is 1. The summed E-state index contributed by atoms with van der Waals surface area (Å²) in [6.07, 6.45) is -2.47. The zero-order chi connectivity index (χ0) is 23.5. The van der Waals surface area contributed by atoms with Gasteiger partial charge in [-0.25, -0.2) is 4.79 Å². The fourth-order valence-electron chi connectivity index (χ4n) is 3.22. The molecule has 1 saturated carbocycles. The number of ether oxygens (including phenoxy) is 1. The van der Waals surface area contributed by atoms with Crippen molar-refractivity contribution in [3.8, 4) is 0 Å². The molecule has 0 radical (unpaired) electrons. The minimum absolute atomic E-state index is 0.0203. The second kappa shape index (κ2) is 9.42. The molecule has 1 aromatic rings. The van der Waals surface area contributed by atoms with Crippen LogP contribution in [-0.4, -0.2) is 55.6 Å². The van der Waals surface area contributed by atoms with Crippen LogP contribution in [0.5, 0.6) is 0 Å². The number of nitrogens with one attached hydrogen (secondary N) is 3. The number of nitrogens with zero attached hydrogens (tertiary/aromatic N) is 1. The fraction of sp³-hybridized carbons (Fsp3) is 0.474. The summed E-state index contributed by atoms with van der Waals surface area (Å²) in [5, 5.41) is 6.61. The lowest BCUT2D eigenvalue weighted by atomic mass is 9.93. The first-order chi connectivity index (χ1) is 15.1. The maximum atomic E-state index is 13.7. The molecule has 1 heterocycles. The predicted octanol–water partition coefficient (Wildman–Crippen LogP) is 0.713. The van der Waals surface area contributed by atoms with E-state index in [1.807, 2.05) is 5.32 Å². The first-order valence-corrected chi connectivity index (χ1v) is 9.83. The van der Waals surface area contributed by atoms with Crippen LogP contribution in [0.1, 0.15) is 24.8 Å². The van der Waals surface area contributed by atoms with Gasteiger partial charge in [0, 0.05) is 18.3 Å². The van der Waals surface area contributed by atoms with Gasteiger partial charge in [0.05, 0.1) is 17.9 Å². The van der Waals surface area contributed by atoms with Crippen LogP contribution in [0.15, 0.2) is 18.2 Å². The van der Waals surface area contributed by atoms with E-state index < -0.39 is 47.2 Å². The molecule has 2 aliphatic rings. The SMILES string of the molecule is NC(=O)[C@H](NC(=O)NC1CCC1)C(=O)Nc1ccc(N2CCOCC2=O)cc1C(F)(F)F. The average molecular weight is 457 g/mol. The number of carbonyl (C=O) groups is 4. The molecule has 0 aromatic heterocycles. The number of morpholine rings is 1. The van der Waals surface area contributed by atoms with E-state index in [-0.39, 0.29) is 31.5 Å². The Morgan fingerprint density at radius 1 is 1.22 bits per heavy atom. The van der Waals surface area contributed by atoms with Gasteiger partial charge < -0.3 is 31.3 Å². The number of rotatable bonds is 6. The van der Waals surface area contributed by atoms with Gasteiger partial charge in [-0.3, -0.25) is 14.4 Å². The van der Waals surface area contributed by atoms with Crippen LogP contribution in [0.4, 0.5) is 29.3 Å². The van der Waals surface area contributed by atoms with Gasteiger partial charge in [-0.15, -0.1) is 0 Å². The number of urea groups is 1. The first-order valence-electron chi connectivity index (χ1n) is 9.83. The molecular formula is C19H22F3N5O5. The average Bonchev–Trinajstić information content (AvgIpc) is 2.68. The normalized spacial score (nSPS) is 17.8. The third-order valence-corrected chi connectivity index (χ3v) is 5.13. The van der Waals surface area contributed by atoms with Gasteiger partial charge in [0.15, 0.2) is 6.04 Å². The number of nitrogens with two attached hydrogens (primary N) is 1. The van der Waals surface area contributed by atoms with Crippen molar-refractivity contribution in [2.24, 2.45) is 5.73 Å². The molecule has 174 valence electrons. The standard InChI is InChI=1S/C19H22F3N5O5/c20-19(21,22)12-8-11(27-6-7-32-9-14(27)28)4-5-13(12)25-17(30)15(16(23)29)26-18(31)24-10-2-1-3-10/h4-5,8,10,15H,1-3,6-7,9H2,(H2,23,29)(H,25,30)(H2,24,26,31)/t15-/m0/s1. The Bertz CT molecular complexity index is 919. The van der Waals surface area contributed by atoms with Crippen molar-refractivity contribution in [3.05, 3.63) is 23.8 Å². The lowest BCUT2D eigenvalue weighted by Gasteiger charge is -2.28. The summed E-state index contributed by atoms with van der Waals surface area (Å²) in [4.78, 5) is 49.2. The number of halogens is 3. The van der Waals surface area contributed by atoms with Crippen LogP contribution < -0.4 is 26.6 Å². The van der Waals surface area contributed by atoms with Crippen molar-refractivity contribution in [1.82, 2.24) is 10.6 Å². The number of benzene rings is 1. The molecule has 1 atom stereocenters. The largest absolute Gasteiger partial charge is 0.418 e. The van der Waals surface area contributed by atoms with Crippen molar-refractivity contribution in [2.75, 3.05) is 30.0 Å². The van der Waals surface area contributed by atoms with E-state index in [4.69, 9.17) is 10.5 Å². The van der Waals surface area contributed by atoms with E-state index in [1.165, 1.54) is 6.07 Å². The Morgan fingerprint density at radius 3 is 2.50 bits per heavy atom. The van der Waals surface area contributed by atoms with Crippen LogP contribution in [0.3, 0.4) is 0 Å². The molecule has 10 nitrogen and oxygen atoms in total. The minimum atomic E-state index is -4.88. The second-order valence-corrected chi connectivity index (χ2v) is 7.40. The molecule has 1 aliphatic heterocycles. The molecular weight excluding hydrogens is 435 g/mol. The highest BCUT2D eigenvalue weighted by atomic mass is 19.4. The third kappa shape index (κ3) is 5.46. The van der Waals surface area contributed by atoms with E-state index >= 15 is 0 Å². The summed E-state index contributed by atoms with van der Waals surface area (Å²) in [6.45, 7) is -0.0131. The van der Waals surface area contributed by atoms with Gasteiger partial charge in [-0.1, -0.05) is 0 Å². The molecule has 0 spiro atoms. The first kappa shape index (κ1) is 23.3. The Balaban J connectivity index is 1.78. The van der Waals surface area contributed by atoms with Gasteiger partial charge in [0.1, 0.15) is 6.61 Å². The number of carbonyl (C=O) groups excluding carboxylic acids is 4. The predicted molar refractivity (Wildman–Crippen MR) is 106 cm³/mol. The highest BCUT2D eigenvalue weighted by Crippen LogP contribution is 2.37. The number of anilines is 2. The molecule has 5 amide bonds. The van der Waals surface area contributed by atoms with Crippen molar-refractivity contribution in [1.29, 1.82) is 0 Å². The monoisotopic (exact) mass is 457 g/mol. The summed E-state index contributed by atoms with van der Waals surface area (Å²) in [6, 6.07) is 0.0888. The van der Waals surface area contributed by atoms with Crippen LogP contribution in [0.2, 0.25) is 0 Å². The van der Waals surface area contributed by atoms with Crippen molar-refractivity contribution in [3.63, 3.8) is 0 Å². The van der Waals surface area contributed by atoms with E-state index in [1.54, 1.807) is 0 Å². The van der Waals surface area contributed by atoms with Crippen LogP contribution >= 0.6 is 0 Å². The summed E-state index contributed by atoms with van der Waals surface area (Å²) >= 11 is 0. The number of amides is 5. The summed E-state index contributed by atoms with van der Waals surface area (Å²) in [7, 11) is 0. The smallest absolute Gasteiger partial charge is 0.370 e. The minimum Gasteiger partial charge on any atom is -0.370 e. The molecule has 1 aromatic carbocycles. The number of hydrogen-bond acceptors (Lipinski definition) is 5. The highest BCUT2D eigenvalue weighted by molar-refractivity contribution is 6.11. The quantitative estimate of drug-likeness (QED) is 0.466. The molecule has 1 aliphatic carbocycles. The van der Waals surface area contributed by atoms with Crippen LogP contribution in [0.25, 0.3) is 0 Å². The molecule has 1 saturated heterocycles. The number of alkyl halides is 3. The van der Waals surface area contributed by atoms with Gasteiger partial charge in [0.2, 0.25) is 5.91 Å². The van der Waals surface area contributed by atoms with E-state index in [2.05, 4.69) is 10.6 Å². The van der Waals surface area contributed by atoms with E-state index in [0.717, 1.165) is 36.3 Å². The van der Waals surface area contributed by atoms with Gasteiger partial charge >= 0.3 is 12.2 Å².